The highest BCUT2D eigenvalue weighted by atomic mass is 19.1. The SMILES string of the molecule is CNCCc1cn(C)c2ccc(F)c(OCc3ccc(F)cc3)c12. The summed E-state index contributed by atoms with van der Waals surface area (Å²) >= 11 is 0. The quantitative estimate of drug-likeness (QED) is 0.744. The molecule has 0 unspecified atom stereocenters. The summed E-state index contributed by atoms with van der Waals surface area (Å²) in [6, 6.07) is 9.20. The number of ether oxygens (including phenoxy) is 1. The average molecular weight is 330 g/mol. The first-order chi connectivity index (χ1) is 11.6. The molecule has 0 bridgehead atoms. The molecule has 0 radical (unpaired) electrons. The van der Waals surface area contributed by atoms with Gasteiger partial charge < -0.3 is 14.6 Å². The Morgan fingerprint density at radius 2 is 1.83 bits per heavy atom. The molecule has 24 heavy (non-hydrogen) atoms. The predicted molar refractivity (Wildman–Crippen MR) is 91.2 cm³/mol. The average Bonchev–Trinajstić information content (AvgIpc) is 2.90. The fourth-order valence-electron chi connectivity index (χ4n) is 2.85. The van der Waals surface area contributed by atoms with Crippen LogP contribution in [0.15, 0.2) is 42.6 Å². The van der Waals surface area contributed by atoms with E-state index < -0.39 is 0 Å². The highest BCUT2D eigenvalue weighted by Crippen LogP contribution is 2.33. The number of aryl methyl sites for hydroxylation is 1. The number of likely N-dealkylation sites (N-methyl/N-ethyl adjacent to an activating group) is 1. The second kappa shape index (κ2) is 7.01. The molecule has 1 aromatic heterocycles. The van der Waals surface area contributed by atoms with Crippen LogP contribution in [0.4, 0.5) is 8.78 Å². The minimum absolute atomic E-state index is 0.191. The van der Waals surface area contributed by atoms with E-state index in [1.165, 1.54) is 18.2 Å². The van der Waals surface area contributed by atoms with Gasteiger partial charge in [-0.1, -0.05) is 12.1 Å². The molecule has 0 aliphatic rings. The third-order valence-electron chi connectivity index (χ3n) is 4.08. The Morgan fingerprint density at radius 3 is 2.54 bits per heavy atom. The van der Waals surface area contributed by atoms with E-state index >= 15 is 0 Å². The van der Waals surface area contributed by atoms with Crippen LogP contribution in [0.1, 0.15) is 11.1 Å². The second-order valence-corrected chi connectivity index (χ2v) is 5.80. The van der Waals surface area contributed by atoms with Crippen molar-refractivity contribution >= 4 is 10.9 Å². The maximum absolute atomic E-state index is 14.4. The number of rotatable bonds is 6. The molecule has 0 saturated carbocycles. The summed E-state index contributed by atoms with van der Waals surface area (Å²) in [5.41, 5.74) is 2.76. The molecule has 1 heterocycles. The van der Waals surface area contributed by atoms with Gasteiger partial charge >= 0.3 is 0 Å². The van der Waals surface area contributed by atoms with Crippen molar-refractivity contribution in [2.75, 3.05) is 13.6 Å². The molecule has 5 heteroatoms. The molecule has 0 amide bonds. The molecule has 3 rings (SSSR count). The fourth-order valence-corrected chi connectivity index (χ4v) is 2.85. The molecule has 0 aliphatic heterocycles. The normalized spacial score (nSPS) is 11.2. The molecule has 0 aliphatic carbocycles. The minimum Gasteiger partial charge on any atom is -0.485 e. The summed E-state index contributed by atoms with van der Waals surface area (Å²) in [4.78, 5) is 0. The lowest BCUT2D eigenvalue weighted by Crippen LogP contribution is -2.10. The van der Waals surface area contributed by atoms with Crippen LogP contribution >= 0.6 is 0 Å². The van der Waals surface area contributed by atoms with Gasteiger partial charge in [0.2, 0.25) is 0 Å². The third-order valence-corrected chi connectivity index (χ3v) is 4.08. The number of fused-ring (bicyclic) bond motifs is 1. The van der Waals surface area contributed by atoms with Crippen molar-refractivity contribution in [3.63, 3.8) is 0 Å². The fraction of sp³-hybridized carbons (Fsp3) is 0.263. The smallest absolute Gasteiger partial charge is 0.165 e. The van der Waals surface area contributed by atoms with Crippen molar-refractivity contribution in [2.24, 2.45) is 7.05 Å². The summed E-state index contributed by atoms with van der Waals surface area (Å²) in [6.45, 7) is 0.990. The summed E-state index contributed by atoms with van der Waals surface area (Å²) in [5.74, 6) is -0.436. The molecule has 3 aromatic rings. The van der Waals surface area contributed by atoms with Gasteiger partial charge in [0.25, 0.3) is 0 Å². The van der Waals surface area contributed by atoms with E-state index in [0.29, 0.717) is 0 Å². The van der Waals surface area contributed by atoms with Crippen molar-refractivity contribution in [2.45, 2.75) is 13.0 Å². The maximum atomic E-state index is 14.4. The number of benzene rings is 2. The monoisotopic (exact) mass is 330 g/mol. The molecule has 1 N–H and O–H groups in total. The molecular formula is C19H20F2N2O. The van der Waals surface area contributed by atoms with Gasteiger partial charge in [-0.3, -0.25) is 0 Å². The van der Waals surface area contributed by atoms with Crippen LogP contribution in [-0.2, 0) is 20.1 Å². The van der Waals surface area contributed by atoms with E-state index in [1.807, 2.05) is 24.9 Å². The summed E-state index contributed by atoms with van der Waals surface area (Å²) in [6.07, 6.45) is 2.79. The van der Waals surface area contributed by atoms with Crippen LogP contribution < -0.4 is 10.1 Å². The Hall–Kier alpha value is -2.40. The Bertz CT molecular complexity index is 841. The van der Waals surface area contributed by atoms with Gasteiger partial charge in [-0.25, -0.2) is 8.78 Å². The zero-order valence-electron chi connectivity index (χ0n) is 13.8. The molecule has 0 saturated heterocycles. The van der Waals surface area contributed by atoms with Crippen LogP contribution in [0, 0.1) is 11.6 Å². The van der Waals surface area contributed by atoms with Crippen LogP contribution in [0.3, 0.4) is 0 Å². The number of nitrogens with zero attached hydrogens (tertiary/aromatic N) is 1. The first kappa shape index (κ1) is 16.5. The number of hydrogen-bond donors (Lipinski definition) is 1. The molecule has 3 nitrogen and oxygen atoms in total. The summed E-state index contributed by atoms with van der Waals surface area (Å²) in [5, 5.41) is 3.91. The van der Waals surface area contributed by atoms with E-state index in [1.54, 1.807) is 18.2 Å². The number of hydrogen-bond acceptors (Lipinski definition) is 2. The van der Waals surface area contributed by atoms with Crippen LogP contribution in [0.2, 0.25) is 0 Å². The largest absolute Gasteiger partial charge is 0.485 e. The lowest BCUT2D eigenvalue weighted by Gasteiger charge is -2.11. The molecule has 0 spiro atoms. The van der Waals surface area contributed by atoms with Gasteiger partial charge in [-0.2, -0.15) is 0 Å². The van der Waals surface area contributed by atoms with E-state index in [0.717, 1.165) is 35.0 Å². The predicted octanol–water partition coefficient (Wildman–Crippen LogP) is 3.80. The van der Waals surface area contributed by atoms with Gasteiger partial charge in [0, 0.05) is 18.6 Å². The lowest BCUT2D eigenvalue weighted by atomic mass is 10.1. The Morgan fingerprint density at radius 1 is 1.08 bits per heavy atom. The van der Waals surface area contributed by atoms with Crippen LogP contribution in [0.5, 0.6) is 5.75 Å². The van der Waals surface area contributed by atoms with E-state index in [2.05, 4.69) is 5.32 Å². The van der Waals surface area contributed by atoms with E-state index in [9.17, 15) is 8.78 Å². The minimum atomic E-state index is -0.387. The van der Waals surface area contributed by atoms with E-state index in [-0.39, 0.29) is 24.0 Å². The zero-order chi connectivity index (χ0) is 17.1. The van der Waals surface area contributed by atoms with Crippen molar-refractivity contribution in [3.8, 4) is 5.75 Å². The Kier molecular flexibility index (Phi) is 4.81. The third kappa shape index (κ3) is 3.26. The molecule has 2 aromatic carbocycles. The Labute approximate surface area is 139 Å². The van der Waals surface area contributed by atoms with Gasteiger partial charge in [-0.15, -0.1) is 0 Å². The molecule has 126 valence electrons. The zero-order valence-corrected chi connectivity index (χ0v) is 13.8. The highest BCUT2D eigenvalue weighted by molar-refractivity contribution is 5.90. The van der Waals surface area contributed by atoms with Crippen molar-refractivity contribution in [1.29, 1.82) is 0 Å². The van der Waals surface area contributed by atoms with Crippen molar-refractivity contribution in [1.82, 2.24) is 9.88 Å². The van der Waals surface area contributed by atoms with Gasteiger partial charge in [0.1, 0.15) is 12.4 Å². The van der Waals surface area contributed by atoms with Crippen molar-refractivity contribution < 1.29 is 13.5 Å². The van der Waals surface area contributed by atoms with E-state index in [4.69, 9.17) is 4.74 Å². The first-order valence-corrected chi connectivity index (χ1v) is 7.88. The topological polar surface area (TPSA) is 26.2 Å². The maximum Gasteiger partial charge on any atom is 0.165 e. The Balaban J connectivity index is 1.95. The molecule has 0 fully saturated rings. The van der Waals surface area contributed by atoms with Crippen molar-refractivity contribution in [3.05, 3.63) is 65.4 Å². The van der Waals surface area contributed by atoms with Crippen LogP contribution in [0.25, 0.3) is 10.9 Å². The summed E-state index contributed by atoms with van der Waals surface area (Å²) < 4.78 is 35.1. The number of nitrogens with one attached hydrogen (secondary N) is 1. The summed E-state index contributed by atoms with van der Waals surface area (Å²) in [7, 11) is 3.82. The van der Waals surface area contributed by atoms with Crippen LogP contribution in [-0.4, -0.2) is 18.2 Å². The molecule has 0 atom stereocenters. The number of aromatic nitrogens is 1. The molecular weight excluding hydrogens is 310 g/mol. The van der Waals surface area contributed by atoms with Gasteiger partial charge in [-0.05, 0) is 55.4 Å². The standard InChI is InChI=1S/C19H20F2N2O/c1-22-10-9-14-11-23(2)17-8-7-16(21)19(18(14)17)24-12-13-3-5-15(20)6-4-13/h3-8,11,22H,9-10,12H2,1-2H3. The highest BCUT2D eigenvalue weighted by Gasteiger charge is 2.16. The lowest BCUT2D eigenvalue weighted by molar-refractivity contribution is 0.294. The van der Waals surface area contributed by atoms with Gasteiger partial charge in [0.15, 0.2) is 11.6 Å². The van der Waals surface area contributed by atoms with Gasteiger partial charge in [0.05, 0.1) is 5.52 Å². The first-order valence-electron chi connectivity index (χ1n) is 7.88. The number of halogens is 2. The second-order valence-electron chi connectivity index (χ2n) is 5.80.